The number of nitrogens with one attached hydrogen (secondary N) is 3. The number of piperidine rings is 1. The average molecular weight is 466 g/mol. The van der Waals surface area contributed by atoms with Crippen LogP contribution in [0.4, 0.5) is 11.5 Å². The van der Waals surface area contributed by atoms with E-state index in [1.165, 1.54) is 5.56 Å². The van der Waals surface area contributed by atoms with Crippen molar-refractivity contribution in [2.75, 3.05) is 44.0 Å². The van der Waals surface area contributed by atoms with E-state index < -0.39 is 0 Å². The smallest absolute Gasteiger partial charge is 0.263 e. The van der Waals surface area contributed by atoms with Crippen molar-refractivity contribution in [2.45, 2.75) is 38.3 Å². The van der Waals surface area contributed by atoms with Gasteiger partial charge in [0.2, 0.25) is 5.91 Å². The van der Waals surface area contributed by atoms with Crippen molar-refractivity contribution in [3.8, 4) is 11.5 Å². The molecule has 1 aromatic carbocycles. The molecule has 3 aliphatic rings. The molecule has 1 fully saturated rings. The van der Waals surface area contributed by atoms with E-state index in [4.69, 9.17) is 9.47 Å². The number of benzene rings is 1. The van der Waals surface area contributed by atoms with Gasteiger partial charge in [-0.15, -0.1) is 0 Å². The molecule has 4 heterocycles. The van der Waals surface area contributed by atoms with E-state index in [0.717, 1.165) is 62.4 Å². The molecule has 180 valence electrons. The summed E-state index contributed by atoms with van der Waals surface area (Å²) in [5.74, 6) is 1.82. The molecule has 3 N–H and O–H groups in total. The van der Waals surface area contributed by atoms with Gasteiger partial charge < -0.3 is 30.3 Å². The third-order valence-corrected chi connectivity index (χ3v) is 6.90. The van der Waals surface area contributed by atoms with E-state index in [-0.39, 0.29) is 24.3 Å². The first-order valence-electron chi connectivity index (χ1n) is 11.9. The standard InChI is InChI=1S/C25H31N5O4/c1-33-20-4-2-16-12-17(25(32)28-21(16)13-20)6-9-30-10-7-18(8-11-30)26-14-19-3-5-22-24(27-19)29-23(31)15-34-22/h2-5,13,17-18,26H,6-12,14-15H2,1H3,(H,28,32)(H,27,29,31). The Balaban J connectivity index is 1.05. The minimum Gasteiger partial charge on any atom is -0.497 e. The molecule has 1 aromatic heterocycles. The number of hydrogen-bond donors (Lipinski definition) is 3. The molecular formula is C25H31N5O4. The topological polar surface area (TPSA) is 105 Å². The monoisotopic (exact) mass is 465 g/mol. The van der Waals surface area contributed by atoms with Crippen LogP contribution in [0.5, 0.6) is 11.5 Å². The van der Waals surface area contributed by atoms with Gasteiger partial charge in [0, 0.05) is 30.3 Å². The largest absolute Gasteiger partial charge is 0.497 e. The first-order valence-corrected chi connectivity index (χ1v) is 11.9. The molecule has 1 atom stereocenters. The Labute approximate surface area is 199 Å². The molecule has 2 aromatic rings. The number of pyridine rings is 1. The maximum absolute atomic E-state index is 12.6. The number of aromatic nitrogens is 1. The summed E-state index contributed by atoms with van der Waals surface area (Å²) >= 11 is 0. The minimum absolute atomic E-state index is 0.0105. The summed E-state index contributed by atoms with van der Waals surface area (Å²) in [6, 6.07) is 10.1. The van der Waals surface area contributed by atoms with Crippen LogP contribution in [0.1, 0.15) is 30.5 Å². The number of carbonyl (C=O) groups is 2. The number of ether oxygens (including phenoxy) is 2. The van der Waals surface area contributed by atoms with E-state index >= 15 is 0 Å². The van der Waals surface area contributed by atoms with Crippen LogP contribution in [0.15, 0.2) is 30.3 Å². The van der Waals surface area contributed by atoms with Crippen LogP contribution >= 0.6 is 0 Å². The highest BCUT2D eigenvalue weighted by molar-refractivity contribution is 5.96. The van der Waals surface area contributed by atoms with Crippen LogP contribution in [-0.2, 0) is 22.6 Å². The highest BCUT2D eigenvalue weighted by Gasteiger charge is 2.28. The maximum Gasteiger partial charge on any atom is 0.263 e. The molecule has 3 aliphatic heterocycles. The molecule has 0 spiro atoms. The first-order chi connectivity index (χ1) is 16.6. The number of rotatable bonds is 7. The number of fused-ring (bicyclic) bond motifs is 2. The molecule has 1 saturated heterocycles. The van der Waals surface area contributed by atoms with E-state index in [1.807, 2.05) is 24.3 Å². The molecule has 34 heavy (non-hydrogen) atoms. The van der Waals surface area contributed by atoms with Crippen molar-refractivity contribution < 1.29 is 19.1 Å². The van der Waals surface area contributed by atoms with Gasteiger partial charge in [0.05, 0.1) is 12.8 Å². The van der Waals surface area contributed by atoms with Crippen LogP contribution in [0.25, 0.3) is 0 Å². The third kappa shape index (κ3) is 5.15. The van der Waals surface area contributed by atoms with E-state index in [2.05, 4.69) is 31.9 Å². The molecule has 0 bridgehead atoms. The molecule has 5 rings (SSSR count). The number of methoxy groups -OCH3 is 1. The minimum atomic E-state index is -0.173. The van der Waals surface area contributed by atoms with Crippen molar-refractivity contribution in [3.05, 3.63) is 41.6 Å². The van der Waals surface area contributed by atoms with Crippen LogP contribution in [-0.4, -0.2) is 61.1 Å². The van der Waals surface area contributed by atoms with Crippen molar-refractivity contribution in [1.29, 1.82) is 0 Å². The quantitative estimate of drug-likeness (QED) is 0.576. The van der Waals surface area contributed by atoms with Crippen LogP contribution in [0.2, 0.25) is 0 Å². The van der Waals surface area contributed by atoms with Gasteiger partial charge in [-0.2, -0.15) is 0 Å². The summed E-state index contributed by atoms with van der Waals surface area (Å²) in [5.41, 5.74) is 2.93. The number of amides is 2. The van der Waals surface area contributed by atoms with Crippen LogP contribution < -0.4 is 25.4 Å². The van der Waals surface area contributed by atoms with Crippen molar-refractivity contribution in [1.82, 2.24) is 15.2 Å². The van der Waals surface area contributed by atoms with Crippen molar-refractivity contribution in [2.24, 2.45) is 5.92 Å². The Bertz CT molecular complexity index is 1070. The van der Waals surface area contributed by atoms with Gasteiger partial charge in [-0.05, 0) is 69.1 Å². The van der Waals surface area contributed by atoms with E-state index in [9.17, 15) is 9.59 Å². The molecule has 2 amide bonds. The summed E-state index contributed by atoms with van der Waals surface area (Å²) in [6.07, 6.45) is 3.76. The summed E-state index contributed by atoms with van der Waals surface area (Å²) < 4.78 is 10.6. The predicted octanol–water partition coefficient (Wildman–Crippen LogP) is 2.18. The number of anilines is 2. The third-order valence-electron chi connectivity index (χ3n) is 6.90. The summed E-state index contributed by atoms with van der Waals surface area (Å²) in [5, 5.41) is 9.40. The number of likely N-dealkylation sites (tertiary alicyclic amines) is 1. The SMILES string of the molecule is COc1ccc2c(c1)NC(=O)C(CCN1CCC(NCc3ccc4c(n3)NC(=O)CO4)CC1)C2. The molecule has 0 saturated carbocycles. The van der Waals surface area contributed by atoms with Crippen molar-refractivity contribution in [3.63, 3.8) is 0 Å². The van der Waals surface area contributed by atoms with Gasteiger partial charge in [0.25, 0.3) is 5.91 Å². The molecule has 0 aliphatic carbocycles. The predicted molar refractivity (Wildman–Crippen MR) is 128 cm³/mol. The van der Waals surface area contributed by atoms with Crippen LogP contribution in [0.3, 0.4) is 0 Å². The van der Waals surface area contributed by atoms with Gasteiger partial charge in [0.1, 0.15) is 5.75 Å². The molecular weight excluding hydrogens is 434 g/mol. The second kappa shape index (κ2) is 9.99. The lowest BCUT2D eigenvalue weighted by molar-refractivity contribution is -0.120. The zero-order valence-corrected chi connectivity index (χ0v) is 19.4. The molecule has 1 unspecified atom stereocenters. The highest BCUT2D eigenvalue weighted by Crippen LogP contribution is 2.31. The van der Waals surface area contributed by atoms with Gasteiger partial charge in [0.15, 0.2) is 18.2 Å². The fourth-order valence-corrected chi connectivity index (χ4v) is 4.85. The number of nitrogens with zero attached hydrogens (tertiary/aromatic N) is 2. The average Bonchev–Trinajstić information content (AvgIpc) is 2.86. The Morgan fingerprint density at radius 3 is 2.85 bits per heavy atom. The molecule has 9 nitrogen and oxygen atoms in total. The first kappa shape index (κ1) is 22.6. The van der Waals surface area contributed by atoms with Gasteiger partial charge in [-0.25, -0.2) is 4.98 Å². The number of carbonyl (C=O) groups excluding carboxylic acids is 2. The lowest BCUT2D eigenvalue weighted by Gasteiger charge is -2.34. The lowest BCUT2D eigenvalue weighted by atomic mass is 9.90. The van der Waals surface area contributed by atoms with E-state index in [0.29, 0.717) is 24.2 Å². The second-order valence-electron chi connectivity index (χ2n) is 9.19. The second-order valence-corrected chi connectivity index (χ2v) is 9.19. The normalized spacial score (nSPS) is 20.6. The van der Waals surface area contributed by atoms with E-state index in [1.54, 1.807) is 7.11 Å². The molecule has 9 heteroatoms. The maximum atomic E-state index is 12.6. The Hall–Kier alpha value is -3.17. The Morgan fingerprint density at radius 1 is 1.18 bits per heavy atom. The zero-order chi connectivity index (χ0) is 23.5. The summed E-state index contributed by atoms with van der Waals surface area (Å²) in [4.78, 5) is 31.1. The highest BCUT2D eigenvalue weighted by atomic mass is 16.5. The molecule has 0 radical (unpaired) electrons. The fourth-order valence-electron chi connectivity index (χ4n) is 4.85. The number of hydrogen-bond acceptors (Lipinski definition) is 7. The van der Waals surface area contributed by atoms with Gasteiger partial charge in [-0.3, -0.25) is 9.59 Å². The van der Waals surface area contributed by atoms with Crippen molar-refractivity contribution >= 4 is 23.3 Å². The lowest BCUT2D eigenvalue weighted by Crippen LogP contribution is -2.43. The van der Waals surface area contributed by atoms with Gasteiger partial charge >= 0.3 is 0 Å². The summed E-state index contributed by atoms with van der Waals surface area (Å²) in [7, 11) is 1.63. The Morgan fingerprint density at radius 2 is 2.03 bits per heavy atom. The summed E-state index contributed by atoms with van der Waals surface area (Å²) in [6.45, 7) is 3.66. The Kier molecular flexibility index (Phi) is 6.64. The van der Waals surface area contributed by atoms with Gasteiger partial charge in [-0.1, -0.05) is 6.07 Å². The fraction of sp³-hybridized carbons (Fsp3) is 0.480. The van der Waals surface area contributed by atoms with Crippen LogP contribution in [0, 0.1) is 5.92 Å². The zero-order valence-electron chi connectivity index (χ0n) is 19.4.